The molecule has 0 radical (unpaired) electrons. The minimum absolute atomic E-state index is 0.0327. The highest BCUT2D eigenvalue weighted by Gasteiger charge is 2.11. The van der Waals surface area contributed by atoms with Crippen LogP contribution < -0.4 is 10.1 Å². The Balaban J connectivity index is 1.61. The lowest BCUT2D eigenvalue weighted by molar-refractivity contribution is -0.146. The zero-order chi connectivity index (χ0) is 25.2. The van der Waals surface area contributed by atoms with E-state index in [9.17, 15) is 9.59 Å². The van der Waals surface area contributed by atoms with E-state index in [4.69, 9.17) is 14.6 Å². The van der Waals surface area contributed by atoms with Crippen LogP contribution in [0.25, 0.3) is 11.3 Å². The molecule has 8 heteroatoms. The van der Waals surface area contributed by atoms with Crippen molar-refractivity contribution < 1.29 is 24.2 Å². The number of carbonyl (C=O) groups is 2. The molecule has 3 rings (SSSR count). The van der Waals surface area contributed by atoms with Crippen molar-refractivity contribution in [1.29, 1.82) is 0 Å². The Kier molecular flexibility index (Phi) is 9.43. The average molecular weight is 480 g/mol. The maximum Gasteiger partial charge on any atom is 0.320 e. The number of hydrogen-bond donors (Lipinski definition) is 2. The van der Waals surface area contributed by atoms with Crippen LogP contribution in [0.15, 0.2) is 54.6 Å². The molecule has 0 atom stereocenters. The lowest BCUT2D eigenvalue weighted by atomic mass is 10.0. The molecule has 0 bridgehead atoms. The highest BCUT2D eigenvalue weighted by atomic mass is 16.5. The van der Waals surface area contributed by atoms with Crippen molar-refractivity contribution in [3.05, 3.63) is 71.4 Å². The van der Waals surface area contributed by atoms with Gasteiger partial charge in [0.1, 0.15) is 12.4 Å². The average Bonchev–Trinajstić information content (AvgIpc) is 3.19. The number of ether oxygens (including phenoxy) is 2. The molecule has 2 N–H and O–H groups in total. The van der Waals surface area contributed by atoms with Crippen molar-refractivity contribution in [2.75, 3.05) is 13.2 Å². The number of esters is 1. The van der Waals surface area contributed by atoms with Gasteiger partial charge in [0.25, 0.3) is 0 Å². The highest BCUT2D eigenvalue weighted by molar-refractivity contribution is 5.71. The number of hydrogen-bond acceptors (Lipinski definition) is 6. The van der Waals surface area contributed by atoms with Crippen LogP contribution in [0.3, 0.4) is 0 Å². The fourth-order valence-corrected chi connectivity index (χ4v) is 3.68. The smallest absolute Gasteiger partial charge is 0.320 e. The molecule has 2 aromatic carbocycles. The van der Waals surface area contributed by atoms with E-state index in [-0.39, 0.29) is 25.0 Å². The van der Waals surface area contributed by atoms with E-state index in [1.807, 2.05) is 60.1 Å². The Morgan fingerprint density at radius 3 is 2.57 bits per heavy atom. The van der Waals surface area contributed by atoms with E-state index in [2.05, 4.69) is 16.5 Å². The van der Waals surface area contributed by atoms with E-state index in [0.717, 1.165) is 28.1 Å². The van der Waals surface area contributed by atoms with Gasteiger partial charge in [0.2, 0.25) is 0 Å². The molecule has 0 aliphatic heterocycles. The number of carboxylic acid groups (broad SMARTS) is 1. The van der Waals surface area contributed by atoms with Gasteiger partial charge < -0.3 is 19.9 Å². The monoisotopic (exact) mass is 479 g/mol. The van der Waals surface area contributed by atoms with Gasteiger partial charge >= 0.3 is 11.9 Å². The first-order valence-electron chi connectivity index (χ1n) is 11.8. The number of aliphatic carboxylic acids is 1. The third kappa shape index (κ3) is 8.26. The summed E-state index contributed by atoms with van der Waals surface area (Å²) < 4.78 is 13.1. The summed E-state index contributed by atoms with van der Waals surface area (Å²) in [6.45, 7) is 7.12. The van der Waals surface area contributed by atoms with E-state index < -0.39 is 5.97 Å². The molecule has 0 aliphatic rings. The van der Waals surface area contributed by atoms with Gasteiger partial charge in [0.05, 0.1) is 24.9 Å². The van der Waals surface area contributed by atoms with Crippen LogP contribution in [-0.2, 0) is 33.8 Å². The lowest BCUT2D eigenvalue weighted by Crippen LogP contribution is -2.26. The standard InChI is InChI=1S/C27H33N3O5/c1-19(2)35-27(33)18-28-17-23-16-24(11-9-21(23)10-12-26(31)32)34-14-13-30-20(3)15-25(29-30)22-7-5-4-6-8-22/h4-9,11,15-16,19,28H,10,12-14,17-18H2,1-3H3,(H,31,32). The molecule has 35 heavy (non-hydrogen) atoms. The molecule has 1 aromatic heterocycles. The molecule has 0 aliphatic carbocycles. The number of carbonyl (C=O) groups excluding carboxylic acids is 1. The summed E-state index contributed by atoms with van der Waals surface area (Å²) in [4.78, 5) is 22.9. The van der Waals surface area contributed by atoms with E-state index in [1.165, 1.54) is 0 Å². The zero-order valence-corrected chi connectivity index (χ0v) is 20.5. The van der Waals surface area contributed by atoms with Crippen molar-refractivity contribution in [3.63, 3.8) is 0 Å². The Morgan fingerprint density at radius 2 is 1.86 bits per heavy atom. The number of aryl methyl sites for hydroxylation is 2. The van der Waals surface area contributed by atoms with Crippen LogP contribution in [-0.4, -0.2) is 46.1 Å². The second kappa shape index (κ2) is 12.7. The molecule has 186 valence electrons. The molecule has 0 saturated carbocycles. The van der Waals surface area contributed by atoms with Crippen molar-refractivity contribution in [2.45, 2.75) is 52.8 Å². The van der Waals surface area contributed by atoms with Crippen LogP contribution in [0.2, 0.25) is 0 Å². The van der Waals surface area contributed by atoms with Gasteiger partial charge in [-0.2, -0.15) is 5.10 Å². The lowest BCUT2D eigenvalue weighted by Gasteiger charge is -2.14. The summed E-state index contributed by atoms with van der Waals surface area (Å²) >= 11 is 0. The Bertz CT molecular complexity index is 1130. The van der Waals surface area contributed by atoms with E-state index in [0.29, 0.717) is 31.9 Å². The molecule has 8 nitrogen and oxygen atoms in total. The summed E-state index contributed by atoms with van der Waals surface area (Å²) in [6.07, 6.45) is 0.261. The largest absolute Gasteiger partial charge is 0.492 e. The minimum atomic E-state index is -0.853. The second-order valence-corrected chi connectivity index (χ2v) is 8.58. The molecule has 0 amide bonds. The summed E-state index contributed by atoms with van der Waals surface area (Å²) in [7, 11) is 0. The molecule has 0 saturated heterocycles. The number of nitrogens with one attached hydrogen (secondary N) is 1. The predicted molar refractivity (Wildman–Crippen MR) is 133 cm³/mol. The fourth-order valence-electron chi connectivity index (χ4n) is 3.68. The highest BCUT2D eigenvalue weighted by Crippen LogP contribution is 2.21. The number of aromatic nitrogens is 2. The van der Waals surface area contributed by atoms with Gasteiger partial charge in [-0.25, -0.2) is 0 Å². The molecule has 0 unspecified atom stereocenters. The molecule has 0 fully saturated rings. The van der Waals surface area contributed by atoms with Crippen LogP contribution in [0, 0.1) is 6.92 Å². The number of rotatable bonds is 13. The van der Waals surface area contributed by atoms with Gasteiger partial charge in [-0.1, -0.05) is 36.4 Å². The van der Waals surface area contributed by atoms with E-state index >= 15 is 0 Å². The molecule has 1 heterocycles. The van der Waals surface area contributed by atoms with Crippen LogP contribution in [0.1, 0.15) is 37.1 Å². The van der Waals surface area contributed by atoms with Crippen molar-refractivity contribution in [3.8, 4) is 17.0 Å². The van der Waals surface area contributed by atoms with Crippen molar-refractivity contribution in [1.82, 2.24) is 15.1 Å². The normalized spacial score (nSPS) is 11.0. The first kappa shape index (κ1) is 26.0. The molecular weight excluding hydrogens is 446 g/mol. The Hall–Kier alpha value is -3.65. The molecule has 3 aromatic rings. The molecule has 0 spiro atoms. The second-order valence-electron chi connectivity index (χ2n) is 8.58. The SMILES string of the molecule is Cc1cc(-c2ccccc2)nn1CCOc1ccc(CCC(=O)O)c(CNCC(=O)OC(C)C)c1. The topological polar surface area (TPSA) is 103 Å². The van der Waals surface area contributed by atoms with Crippen molar-refractivity contribution >= 4 is 11.9 Å². The first-order valence-corrected chi connectivity index (χ1v) is 11.8. The van der Waals surface area contributed by atoms with Crippen LogP contribution in [0.5, 0.6) is 5.75 Å². The minimum Gasteiger partial charge on any atom is -0.492 e. The van der Waals surface area contributed by atoms with E-state index in [1.54, 1.807) is 13.8 Å². The zero-order valence-electron chi connectivity index (χ0n) is 20.5. The number of nitrogens with zero attached hydrogens (tertiary/aromatic N) is 2. The summed E-state index contributed by atoms with van der Waals surface area (Å²) in [5.41, 5.74) is 4.84. The van der Waals surface area contributed by atoms with Gasteiger partial charge in [-0.05, 0) is 56.5 Å². The van der Waals surface area contributed by atoms with Gasteiger partial charge in [-0.15, -0.1) is 0 Å². The summed E-state index contributed by atoms with van der Waals surface area (Å²) in [5.74, 6) is -0.503. The third-order valence-electron chi connectivity index (χ3n) is 5.36. The number of benzene rings is 2. The summed E-state index contributed by atoms with van der Waals surface area (Å²) in [5, 5.41) is 16.8. The predicted octanol–water partition coefficient (Wildman–Crippen LogP) is 4.00. The number of carboxylic acids is 1. The summed E-state index contributed by atoms with van der Waals surface area (Å²) in [6, 6.07) is 17.7. The third-order valence-corrected chi connectivity index (χ3v) is 5.36. The van der Waals surface area contributed by atoms with Crippen LogP contribution >= 0.6 is 0 Å². The molecular formula is C27H33N3O5. The quantitative estimate of drug-likeness (QED) is 0.357. The van der Waals surface area contributed by atoms with Gasteiger partial charge in [-0.3, -0.25) is 14.3 Å². The van der Waals surface area contributed by atoms with Gasteiger partial charge in [0.15, 0.2) is 0 Å². The maximum atomic E-state index is 11.8. The first-order chi connectivity index (χ1) is 16.8. The Labute approximate surface area is 205 Å². The van der Waals surface area contributed by atoms with Crippen LogP contribution in [0.4, 0.5) is 0 Å². The Morgan fingerprint density at radius 1 is 1.09 bits per heavy atom. The van der Waals surface area contributed by atoms with Crippen molar-refractivity contribution in [2.24, 2.45) is 0 Å². The van der Waals surface area contributed by atoms with Gasteiger partial charge in [0, 0.05) is 24.2 Å². The fraction of sp³-hybridized carbons (Fsp3) is 0.370. The maximum absolute atomic E-state index is 11.8.